The fourth-order valence-electron chi connectivity index (χ4n) is 4.46. The zero-order valence-corrected chi connectivity index (χ0v) is 21.1. The van der Waals surface area contributed by atoms with E-state index >= 15 is 0 Å². The van der Waals surface area contributed by atoms with Gasteiger partial charge in [0.1, 0.15) is 5.60 Å². The normalized spacial score (nSPS) is 15.3. The van der Waals surface area contributed by atoms with Crippen LogP contribution in [0.15, 0.2) is 54.6 Å². The number of anilines is 1. The van der Waals surface area contributed by atoms with E-state index in [0.29, 0.717) is 43.3 Å². The van der Waals surface area contributed by atoms with Gasteiger partial charge in [-0.05, 0) is 82.2 Å². The number of hydrogen-bond acceptors (Lipinski definition) is 5. The van der Waals surface area contributed by atoms with E-state index in [1.54, 1.807) is 45.0 Å². The molecule has 1 fully saturated rings. The minimum atomic E-state index is -0.581. The van der Waals surface area contributed by atoms with Crippen molar-refractivity contribution in [3.63, 3.8) is 0 Å². The van der Waals surface area contributed by atoms with Crippen molar-refractivity contribution in [2.45, 2.75) is 58.5 Å². The number of benzene rings is 2. The second-order valence-electron chi connectivity index (χ2n) is 9.86. The third-order valence-electron chi connectivity index (χ3n) is 6.09. The highest BCUT2D eigenvalue weighted by molar-refractivity contribution is 5.95. The molecule has 1 atom stereocenters. The van der Waals surface area contributed by atoms with Crippen molar-refractivity contribution < 1.29 is 23.9 Å². The van der Waals surface area contributed by atoms with Crippen LogP contribution in [0.25, 0.3) is 0 Å². The Bertz CT molecular complexity index is 990. The quantitative estimate of drug-likeness (QED) is 0.520. The largest absolute Gasteiger partial charge is 0.466 e. The minimum Gasteiger partial charge on any atom is -0.466 e. The molecule has 0 aromatic heterocycles. The van der Waals surface area contributed by atoms with Crippen LogP contribution in [0.4, 0.5) is 10.5 Å². The molecule has 0 aliphatic carbocycles. The number of likely N-dealkylation sites (tertiary alicyclic amines) is 1. The lowest BCUT2D eigenvalue weighted by molar-refractivity contribution is -0.144. The Morgan fingerprint density at radius 1 is 1.00 bits per heavy atom. The molecule has 1 saturated heterocycles. The molecule has 1 aliphatic rings. The lowest BCUT2D eigenvalue weighted by Gasteiger charge is -2.36. The number of carbonyl (C=O) groups excluding carboxylic acids is 3. The molecule has 1 N–H and O–H groups in total. The van der Waals surface area contributed by atoms with Crippen molar-refractivity contribution in [2.24, 2.45) is 5.92 Å². The summed E-state index contributed by atoms with van der Waals surface area (Å²) in [5.41, 5.74) is 1.70. The highest BCUT2D eigenvalue weighted by Gasteiger charge is 2.31. The first kappa shape index (κ1) is 26.3. The molecule has 7 heteroatoms. The van der Waals surface area contributed by atoms with Crippen LogP contribution in [-0.2, 0) is 14.3 Å². The van der Waals surface area contributed by atoms with Crippen LogP contribution in [0, 0.1) is 5.92 Å². The van der Waals surface area contributed by atoms with Crippen molar-refractivity contribution in [3.05, 3.63) is 65.7 Å². The fourth-order valence-corrected chi connectivity index (χ4v) is 4.46. The number of nitrogens with zero attached hydrogens (tertiary/aromatic N) is 1. The van der Waals surface area contributed by atoms with Crippen LogP contribution in [0.1, 0.15) is 68.8 Å². The first-order chi connectivity index (χ1) is 16.7. The molecule has 0 spiro atoms. The van der Waals surface area contributed by atoms with E-state index < -0.39 is 11.7 Å². The van der Waals surface area contributed by atoms with Crippen molar-refractivity contribution in [1.29, 1.82) is 0 Å². The summed E-state index contributed by atoms with van der Waals surface area (Å²) in [7, 11) is 0. The summed E-state index contributed by atoms with van der Waals surface area (Å²) < 4.78 is 10.5. The Balaban J connectivity index is 1.59. The molecule has 0 saturated carbocycles. The molecule has 2 aromatic carbocycles. The Hall–Kier alpha value is -3.35. The van der Waals surface area contributed by atoms with Crippen LogP contribution in [0.3, 0.4) is 0 Å². The number of rotatable bonds is 7. The second-order valence-corrected chi connectivity index (χ2v) is 9.86. The molecule has 188 valence electrons. The van der Waals surface area contributed by atoms with Gasteiger partial charge in [-0.25, -0.2) is 4.79 Å². The summed E-state index contributed by atoms with van der Waals surface area (Å²) in [5.74, 6) is 0.158. The SMILES string of the molecule is CCOC(=O)C[C@@H](c1ccccc1)C1CCN(C(=O)c2ccc(NC(=O)OC(C)(C)C)cc2)CC1. The van der Waals surface area contributed by atoms with Crippen LogP contribution in [-0.4, -0.2) is 48.2 Å². The van der Waals surface area contributed by atoms with Crippen molar-refractivity contribution in [3.8, 4) is 0 Å². The van der Waals surface area contributed by atoms with E-state index in [1.165, 1.54) is 0 Å². The molecular weight excluding hydrogens is 444 g/mol. The third-order valence-corrected chi connectivity index (χ3v) is 6.09. The maximum atomic E-state index is 13.1. The van der Waals surface area contributed by atoms with Crippen LogP contribution < -0.4 is 5.32 Å². The van der Waals surface area contributed by atoms with Gasteiger partial charge >= 0.3 is 12.1 Å². The highest BCUT2D eigenvalue weighted by atomic mass is 16.6. The predicted octanol–water partition coefficient (Wildman–Crippen LogP) is 5.62. The number of esters is 1. The zero-order chi connectivity index (χ0) is 25.4. The summed E-state index contributed by atoms with van der Waals surface area (Å²) in [4.78, 5) is 39.1. The molecule has 3 rings (SSSR count). The zero-order valence-electron chi connectivity index (χ0n) is 21.1. The number of ether oxygens (including phenoxy) is 2. The molecule has 0 bridgehead atoms. The van der Waals surface area contributed by atoms with E-state index in [0.717, 1.165) is 18.4 Å². The van der Waals surface area contributed by atoms with Gasteiger partial charge in [0.05, 0.1) is 13.0 Å². The lowest BCUT2D eigenvalue weighted by atomic mass is 9.78. The van der Waals surface area contributed by atoms with Crippen LogP contribution >= 0.6 is 0 Å². The number of amides is 2. The Morgan fingerprint density at radius 2 is 1.63 bits per heavy atom. The third kappa shape index (κ3) is 7.84. The number of carbonyl (C=O) groups is 3. The summed E-state index contributed by atoms with van der Waals surface area (Å²) >= 11 is 0. The summed E-state index contributed by atoms with van der Waals surface area (Å²) in [6.45, 7) is 8.86. The molecule has 2 amide bonds. The van der Waals surface area contributed by atoms with Gasteiger partial charge in [0, 0.05) is 24.3 Å². The molecule has 1 heterocycles. The highest BCUT2D eigenvalue weighted by Crippen LogP contribution is 2.36. The van der Waals surface area contributed by atoms with Gasteiger partial charge in [-0.1, -0.05) is 30.3 Å². The average Bonchev–Trinajstić information content (AvgIpc) is 2.82. The van der Waals surface area contributed by atoms with Gasteiger partial charge in [-0.15, -0.1) is 0 Å². The van der Waals surface area contributed by atoms with E-state index in [9.17, 15) is 14.4 Å². The predicted molar refractivity (Wildman–Crippen MR) is 135 cm³/mol. The molecular formula is C28H36N2O5. The number of nitrogens with one attached hydrogen (secondary N) is 1. The minimum absolute atomic E-state index is 0.0334. The molecule has 1 aliphatic heterocycles. The fraction of sp³-hybridized carbons (Fsp3) is 0.464. The van der Waals surface area contributed by atoms with Crippen molar-refractivity contribution in [2.75, 3.05) is 25.0 Å². The van der Waals surface area contributed by atoms with E-state index in [1.807, 2.05) is 30.0 Å². The average molecular weight is 481 g/mol. The van der Waals surface area contributed by atoms with Crippen molar-refractivity contribution >= 4 is 23.7 Å². The van der Waals surface area contributed by atoms with E-state index in [4.69, 9.17) is 9.47 Å². The van der Waals surface area contributed by atoms with Gasteiger partial charge < -0.3 is 14.4 Å². The van der Waals surface area contributed by atoms with E-state index in [2.05, 4.69) is 17.4 Å². The van der Waals surface area contributed by atoms with Gasteiger partial charge in [0.2, 0.25) is 0 Å². The number of piperidine rings is 1. The number of hydrogen-bond donors (Lipinski definition) is 1. The monoisotopic (exact) mass is 480 g/mol. The summed E-state index contributed by atoms with van der Waals surface area (Å²) in [5, 5.41) is 2.68. The molecule has 35 heavy (non-hydrogen) atoms. The lowest BCUT2D eigenvalue weighted by Crippen LogP contribution is -2.40. The molecule has 7 nitrogen and oxygen atoms in total. The van der Waals surface area contributed by atoms with Gasteiger partial charge in [0.15, 0.2) is 0 Å². The molecule has 0 unspecified atom stereocenters. The second kappa shape index (κ2) is 11.9. The first-order valence-corrected chi connectivity index (χ1v) is 12.3. The van der Waals surface area contributed by atoms with Crippen molar-refractivity contribution in [1.82, 2.24) is 4.90 Å². The molecule has 2 aromatic rings. The van der Waals surface area contributed by atoms with Crippen LogP contribution in [0.2, 0.25) is 0 Å². The van der Waals surface area contributed by atoms with Gasteiger partial charge in [-0.2, -0.15) is 0 Å². The smallest absolute Gasteiger partial charge is 0.412 e. The maximum Gasteiger partial charge on any atom is 0.412 e. The topological polar surface area (TPSA) is 84.9 Å². The maximum absolute atomic E-state index is 13.1. The Morgan fingerprint density at radius 3 is 2.20 bits per heavy atom. The summed E-state index contributed by atoms with van der Waals surface area (Å²) in [6.07, 6.45) is 1.46. The first-order valence-electron chi connectivity index (χ1n) is 12.3. The Labute approximate surface area is 207 Å². The van der Waals surface area contributed by atoms with Gasteiger partial charge in [0.25, 0.3) is 5.91 Å². The van der Waals surface area contributed by atoms with Gasteiger partial charge in [-0.3, -0.25) is 14.9 Å². The van der Waals surface area contributed by atoms with E-state index in [-0.39, 0.29) is 17.8 Å². The Kier molecular flexibility index (Phi) is 8.90. The standard InChI is InChI=1S/C28H36N2O5/c1-5-34-25(31)19-24(20-9-7-6-8-10-20)21-15-17-30(18-16-21)26(32)22-11-13-23(14-12-22)29-27(33)35-28(2,3)4/h6-14,21,24H,5,15-19H2,1-4H3,(H,29,33)/t24-/m0/s1. The summed E-state index contributed by atoms with van der Waals surface area (Å²) in [6, 6.07) is 16.9. The van der Waals surface area contributed by atoms with Crippen LogP contribution in [0.5, 0.6) is 0 Å². The molecule has 0 radical (unpaired) electrons.